The normalized spacial score (nSPS) is 12.9. The van der Waals surface area contributed by atoms with Crippen LogP contribution in [-0.2, 0) is 10.1 Å². The number of nitrogens with zero attached hydrogens (tertiary/aromatic N) is 2. The molecule has 0 unspecified atom stereocenters. The summed E-state index contributed by atoms with van der Waals surface area (Å²) in [5.41, 5.74) is 6.25. The first-order valence-corrected chi connectivity index (χ1v) is 13.4. The summed E-state index contributed by atoms with van der Waals surface area (Å²) in [4.78, 5) is 15.7. The molecule has 0 atom stereocenters. The average Bonchev–Trinajstić information content (AvgIpc) is 3.68. The third-order valence-electron chi connectivity index (χ3n) is 6.62. The number of aromatic nitrogens is 4. The minimum Gasteiger partial charge on any atom is -0.355 e. The van der Waals surface area contributed by atoms with Crippen LogP contribution in [0.3, 0.4) is 0 Å². The molecule has 0 spiro atoms. The second-order valence-electron chi connectivity index (χ2n) is 9.19. The van der Waals surface area contributed by atoms with Gasteiger partial charge >= 0.3 is 0 Å². The van der Waals surface area contributed by atoms with E-state index in [0.717, 1.165) is 27.5 Å². The summed E-state index contributed by atoms with van der Waals surface area (Å²) < 4.78 is 36.4. The number of rotatable bonds is 2. The van der Waals surface area contributed by atoms with Gasteiger partial charge in [0, 0.05) is 16.6 Å². The topological polar surface area (TPSA) is 112 Å². The minimum absolute atomic E-state index is 0.204. The van der Waals surface area contributed by atoms with E-state index in [-0.39, 0.29) is 10.4 Å². The van der Waals surface area contributed by atoms with Crippen molar-refractivity contribution in [1.29, 1.82) is 0 Å². The minimum atomic E-state index is -4.64. The summed E-state index contributed by atoms with van der Waals surface area (Å²) in [5, 5.41) is 1.81. The van der Waals surface area contributed by atoms with Crippen LogP contribution in [0.2, 0.25) is 0 Å². The molecule has 0 aliphatic carbocycles. The number of nitrogens with one attached hydrogen (secondary N) is 2. The first-order chi connectivity index (χ1) is 18.4. The molecule has 5 heterocycles. The lowest BCUT2D eigenvalue weighted by atomic mass is 9.99. The summed E-state index contributed by atoms with van der Waals surface area (Å²) in [7, 11) is -4.64. The maximum atomic E-state index is 12.9. The van der Waals surface area contributed by atoms with Gasteiger partial charge in [-0.25, -0.2) is 9.97 Å². The van der Waals surface area contributed by atoms with Crippen LogP contribution in [0.5, 0.6) is 0 Å². The van der Waals surface area contributed by atoms with Gasteiger partial charge in [0.25, 0.3) is 10.1 Å². The van der Waals surface area contributed by atoms with Crippen molar-refractivity contribution in [3.05, 3.63) is 102 Å². The molecule has 7 nitrogen and oxygen atoms in total. The molecule has 0 radical (unpaired) electrons. The Bertz CT molecular complexity index is 2110. The Morgan fingerprint density at radius 2 is 1.21 bits per heavy atom. The second kappa shape index (κ2) is 8.37. The van der Waals surface area contributed by atoms with Gasteiger partial charge in [0.2, 0.25) is 0 Å². The summed E-state index contributed by atoms with van der Waals surface area (Å²) in [6.45, 7) is 0. The highest BCUT2D eigenvalue weighted by Crippen LogP contribution is 2.39. The van der Waals surface area contributed by atoms with E-state index in [2.05, 4.69) is 15.0 Å². The SMILES string of the molecule is O=S(=O)(O)c1c(-c2cccc3ccccc23)c2cc3nc(cc4ccc(cc5nc(cc1[nH]2)C=C5)[nH]4)C=C3. The van der Waals surface area contributed by atoms with Gasteiger partial charge in [-0.05, 0) is 77.0 Å². The summed E-state index contributed by atoms with van der Waals surface area (Å²) in [5.74, 6) is 0. The van der Waals surface area contributed by atoms with Crippen LogP contribution in [-0.4, -0.2) is 32.9 Å². The van der Waals surface area contributed by atoms with E-state index in [1.54, 1.807) is 18.2 Å². The Labute approximate surface area is 217 Å². The van der Waals surface area contributed by atoms with Crippen molar-refractivity contribution in [2.24, 2.45) is 0 Å². The molecule has 0 saturated carbocycles. The zero-order valence-electron chi connectivity index (χ0n) is 19.9. The quantitative estimate of drug-likeness (QED) is 0.221. The van der Waals surface area contributed by atoms with Crippen molar-refractivity contribution >= 4 is 67.3 Å². The van der Waals surface area contributed by atoms with Crippen molar-refractivity contribution in [3.8, 4) is 11.1 Å². The molecule has 3 N–H and O–H groups in total. The standard InChI is InChI=1S/C30H20N4O3S/c35-38(36,37)30-28-17-24-13-11-22(33-24)15-20-9-8-19(31-20)14-21-10-12-23(32-21)16-27(34-28)29(30)26-7-3-5-18-4-1-2-6-25(18)26/h1-17,31,34H,(H,35,36,37). The van der Waals surface area contributed by atoms with Gasteiger partial charge in [-0.3, -0.25) is 4.55 Å². The highest BCUT2D eigenvalue weighted by molar-refractivity contribution is 7.86. The average molecular weight is 517 g/mol. The molecule has 7 rings (SSSR count). The van der Waals surface area contributed by atoms with E-state index in [4.69, 9.17) is 4.98 Å². The summed E-state index contributed by atoms with van der Waals surface area (Å²) >= 11 is 0. The molecule has 5 aromatic rings. The fourth-order valence-corrected chi connectivity index (χ4v) is 5.90. The van der Waals surface area contributed by atoms with Crippen LogP contribution < -0.4 is 0 Å². The number of hydrogen-bond donors (Lipinski definition) is 3. The van der Waals surface area contributed by atoms with E-state index < -0.39 is 10.1 Å². The number of H-pyrrole nitrogens is 2. The second-order valence-corrected chi connectivity index (χ2v) is 10.6. The van der Waals surface area contributed by atoms with Crippen molar-refractivity contribution < 1.29 is 13.0 Å². The van der Waals surface area contributed by atoms with E-state index in [0.29, 0.717) is 33.7 Å². The fourth-order valence-electron chi connectivity index (χ4n) is 5.03. The highest BCUT2D eigenvalue weighted by atomic mass is 32.2. The fraction of sp³-hybridized carbons (Fsp3) is 0. The van der Waals surface area contributed by atoms with Gasteiger partial charge in [-0.15, -0.1) is 0 Å². The molecule has 2 aromatic carbocycles. The largest absolute Gasteiger partial charge is 0.355 e. The molecule has 184 valence electrons. The zero-order valence-corrected chi connectivity index (χ0v) is 20.7. The smallest absolute Gasteiger partial charge is 0.297 e. The van der Waals surface area contributed by atoms with Crippen molar-refractivity contribution in [1.82, 2.24) is 19.9 Å². The van der Waals surface area contributed by atoms with E-state index in [1.165, 1.54) is 0 Å². The molecule has 0 fully saturated rings. The van der Waals surface area contributed by atoms with Crippen LogP contribution >= 0.6 is 0 Å². The van der Waals surface area contributed by atoms with Crippen LogP contribution in [0.1, 0.15) is 22.8 Å². The van der Waals surface area contributed by atoms with Gasteiger partial charge < -0.3 is 9.97 Å². The molecule has 0 amide bonds. The maximum Gasteiger partial charge on any atom is 0.297 e. The Balaban J connectivity index is 1.67. The van der Waals surface area contributed by atoms with Gasteiger partial charge in [0.15, 0.2) is 0 Å². The summed E-state index contributed by atoms with van der Waals surface area (Å²) in [6.07, 6.45) is 7.43. The van der Waals surface area contributed by atoms with Crippen LogP contribution in [0.4, 0.5) is 0 Å². The molecular weight excluding hydrogens is 496 g/mol. The van der Waals surface area contributed by atoms with E-state index in [1.807, 2.05) is 85.0 Å². The maximum absolute atomic E-state index is 12.9. The number of aromatic amines is 2. The van der Waals surface area contributed by atoms with Crippen molar-refractivity contribution in [2.75, 3.05) is 0 Å². The predicted octanol–water partition coefficient (Wildman–Crippen LogP) is 6.72. The van der Waals surface area contributed by atoms with Crippen LogP contribution in [0, 0.1) is 0 Å². The molecule has 8 bridgehead atoms. The lowest BCUT2D eigenvalue weighted by Gasteiger charge is -2.08. The molecule has 38 heavy (non-hydrogen) atoms. The molecule has 2 aliphatic rings. The highest BCUT2D eigenvalue weighted by Gasteiger charge is 2.25. The first kappa shape index (κ1) is 22.4. The zero-order chi connectivity index (χ0) is 25.9. The molecule has 8 heteroatoms. The van der Waals surface area contributed by atoms with Crippen LogP contribution in [0.15, 0.2) is 83.8 Å². The molecular formula is C30H20N4O3S. The number of benzene rings is 2. The van der Waals surface area contributed by atoms with Crippen molar-refractivity contribution in [3.63, 3.8) is 0 Å². The first-order valence-electron chi connectivity index (χ1n) is 12.0. The lowest BCUT2D eigenvalue weighted by molar-refractivity contribution is 0.484. The van der Waals surface area contributed by atoms with Gasteiger partial charge in [0.1, 0.15) is 4.90 Å². The summed E-state index contributed by atoms with van der Waals surface area (Å²) in [6, 6.07) is 24.7. The molecule has 3 aromatic heterocycles. The van der Waals surface area contributed by atoms with Crippen LogP contribution in [0.25, 0.3) is 68.3 Å². The third-order valence-corrected chi connectivity index (χ3v) is 7.56. The van der Waals surface area contributed by atoms with E-state index >= 15 is 0 Å². The van der Waals surface area contributed by atoms with Gasteiger partial charge in [0.05, 0.1) is 33.8 Å². The predicted molar refractivity (Wildman–Crippen MR) is 152 cm³/mol. The third kappa shape index (κ3) is 3.92. The Morgan fingerprint density at radius 1 is 0.632 bits per heavy atom. The Hall–Kier alpha value is -4.79. The van der Waals surface area contributed by atoms with Gasteiger partial charge in [-0.1, -0.05) is 42.5 Å². The Kier molecular flexibility index (Phi) is 4.94. The van der Waals surface area contributed by atoms with E-state index in [9.17, 15) is 13.0 Å². The molecule has 2 aliphatic heterocycles. The number of hydrogen-bond acceptors (Lipinski definition) is 4. The number of fused-ring (bicyclic) bond motifs is 9. The lowest BCUT2D eigenvalue weighted by Crippen LogP contribution is -1.99. The molecule has 0 saturated heterocycles. The van der Waals surface area contributed by atoms with Gasteiger partial charge in [-0.2, -0.15) is 8.42 Å². The Morgan fingerprint density at radius 3 is 1.87 bits per heavy atom. The van der Waals surface area contributed by atoms with Crippen molar-refractivity contribution in [2.45, 2.75) is 4.90 Å². The monoisotopic (exact) mass is 516 g/mol.